The van der Waals surface area contributed by atoms with Crippen molar-refractivity contribution in [2.75, 3.05) is 13.1 Å². The van der Waals surface area contributed by atoms with Gasteiger partial charge < -0.3 is 14.7 Å². The molecule has 1 saturated heterocycles. The first-order valence-electron chi connectivity index (χ1n) is 5.04. The summed E-state index contributed by atoms with van der Waals surface area (Å²) < 4.78 is 5.22. The number of hydrogen-bond acceptors (Lipinski definition) is 3. The summed E-state index contributed by atoms with van der Waals surface area (Å²) in [6.45, 7) is 6.74. The molecule has 0 aliphatic carbocycles. The molecule has 0 unspecified atom stereocenters. The van der Waals surface area contributed by atoms with Crippen molar-refractivity contribution in [2.24, 2.45) is 0 Å². The first kappa shape index (κ1) is 11.3. The third-order valence-electron chi connectivity index (χ3n) is 2.12. The lowest BCUT2D eigenvalue weighted by Gasteiger charge is -2.31. The van der Waals surface area contributed by atoms with Crippen molar-refractivity contribution in [2.45, 2.75) is 45.3 Å². The minimum atomic E-state index is -0.437. The number of aliphatic hydroxyl groups is 1. The van der Waals surface area contributed by atoms with Crippen LogP contribution in [-0.4, -0.2) is 40.9 Å². The molecule has 4 nitrogen and oxygen atoms in total. The molecule has 0 radical (unpaired) electrons. The van der Waals surface area contributed by atoms with Gasteiger partial charge in [-0.2, -0.15) is 0 Å². The number of aliphatic hydroxyl groups excluding tert-OH is 1. The van der Waals surface area contributed by atoms with Gasteiger partial charge in [-0.15, -0.1) is 0 Å². The number of carbonyl (C=O) groups excluding carboxylic acids is 1. The number of carbonyl (C=O) groups is 1. The Morgan fingerprint density at radius 3 is 2.36 bits per heavy atom. The molecule has 1 aliphatic heterocycles. The van der Waals surface area contributed by atoms with Crippen LogP contribution in [0.2, 0.25) is 0 Å². The largest absolute Gasteiger partial charge is 0.444 e. The summed E-state index contributed by atoms with van der Waals surface area (Å²) in [5, 5.41) is 9.26. The molecule has 1 rings (SSSR count). The molecule has 0 saturated carbocycles. The van der Waals surface area contributed by atoms with Gasteiger partial charge in [-0.25, -0.2) is 4.79 Å². The van der Waals surface area contributed by atoms with Crippen LogP contribution in [0, 0.1) is 0 Å². The van der Waals surface area contributed by atoms with E-state index in [1.807, 2.05) is 20.8 Å². The third-order valence-corrected chi connectivity index (χ3v) is 2.12. The Morgan fingerprint density at radius 2 is 1.93 bits per heavy atom. The lowest BCUT2D eigenvalue weighted by molar-refractivity contribution is 0.0101. The van der Waals surface area contributed by atoms with Crippen molar-refractivity contribution in [1.29, 1.82) is 0 Å². The number of ether oxygens (including phenoxy) is 1. The summed E-state index contributed by atoms with van der Waals surface area (Å²) in [4.78, 5) is 13.2. The summed E-state index contributed by atoms with van der Waals surface area (Å²) >= 11 is 0. The summed E-state index contributed by atoms with van der Waals surface area (Å²) in [6, 6.07) is 0. The predicted molar refractivity (Wildman–Crippen MR) is 53.0 cm³/mol. The van der Waals surface area contributed by atoms with Gasteiger partial charge in [0, 0.05) is 13.1 Å². The Morgan fingerprint density at radius 1 is 1.43 bits per heavy atom. The maximum Gasteiger partial charge on any atom is 0.410 e. The van der Waals surface area contributed by atoms with Crippen molar-refractivity contribution in [3.8, 4) is 0 Å². The van der Waals surface area contributed by atoms with E-state index in [0.717, 1.165) is 0 Å². The van der Waals surface area contributed by atoms with E-state index in [4.69, 9.17) is 4.74 Å². The van der Waals surface area contributed by atoms with E-state index in [1.165, 1.54) is 0 Å². The smallest absolute Gasteiger partial charge is 0.410 e. The molecular formula is C10H19NO3. The molecule has 1 aliphatic rings. The van der Waals surface area contributed by atoms with Crippen molar-refractivity contribution in [1.82, 2.24) is 4.90 Å². The summed E-state index contributed by atoms with van der Waals surface area (Å²) in [5.74, 6) is 0. The number of piperidine rings is 1. The van der Waals surface area contributed by atoms with Crippen LogP contribution in [0.25, 0.3) is 0 Å². The summed E-state index contributed by atoms with van der Waals surface area (Å²) in [6.07, 6.45) is 0.775. The third kappa shape index (κ3) is 3.54. The van der Waals surface area contributed by atoms with Gasteiger partial charge in [0.1, 0.15) is 5.60 Å². The molecule has 1 heterocycles. The van der Waals surface area contributed by atoms with Gasteiger partial charge >= 0.3 is 6.09 Å². The van der Waals surface area contributed by atoms with Gasteiger partial charge in [0.05, 0.1) is 6.10 Å². The zero-order valence-corrected chi connectivity index (χ0v) is 9.12. The molecule has 14 heavy (non-hydrogen) atoms. The lowest BCUT2D eigenvalue weighted by Crippen LogP contribution is -2.42. The fourth-order valence-electron chi connectivity index (χ4n) is 1.37. The number of amides is 1. The first-order chi connectivity index (χ1) is 6.38. The maximum atomic E-state index is 11.5. The molecule has 0 aromatic heterocycles. The van der Waals surface area contributed by atoms with E-state index in [-0.39, 0.29) is 12.2 Å². The monoisotopic (exact) mass is 205 g/mol. The molecule has 1 N–H and O–H groups in total. The second-order valence-corrected chi connectivity index (χ2v) is 4.70. The van der Waals surface area contributed by atoms with Crippen molar-refractivity contribution in [3.63, 3.8) is 0 Å². The highest BCUT2D eigenvalue weighted by atomic mass is 16.6. The van der Waals surface area contributed by atoms with Gasteiger partial charge in [-0.3, -0.25) is 0 Å². The lowest BCUT2D eigenvalue weighted by atomic mass is 10.2. The molecule has 0 bridgehead atoms. The van der Waals surface area contributed by atoms with Crippen molar-refractivity contribution >= 4 is 6.09 Å². The Bertz CT molecular complexity index is 202. The van der Waals surface area contributed by atoms with Crippen molar-refractivity contribution in [3.05, 3.63) is 0 Å². The van der Waals surface area contributed by atoms with Crippen molar-refractivity contribution < 1.29 is 14.6 Å². The number of nitrogens with zero attached hydrogens (tertiary/aromatic N) is 1. The van der Waals surface area contributed by atoms with Crippen LogP contribution < -0.4 is 0 Å². The van der Waals surface area contributed by atoms with E-state index in [2.05, 4.69) is 0 Å². The zero-order valence-electron chi connectivity index (χ0n) is 9.12. The Hall–Kier alpha value is -0.770. The highest BCUT2D eigenvalue weighted by molar-refractivity contribution is 5.68. The summed E-state index contributed by atoms with van der Waals surface area (Å²) in [7, 11) is 0. The van der Waals surface area contributed by atoms with Gasteiger partial charge in [-0.1, -0.05) is 0 Å². The number of hydrogen-bond donors (Lipinski definition) is 1. The van der Waals surface area contributed by atoms with E-state index in [9.17, 15) is 9.90 Å². The highest BCUT2D eigenvalue weighted by Gasteiger charge is 2.25. The van der Waals surface area contributed by atoms with Crippen LogP contribution in [0.15, 0.2) is 0 Å². The van der Waals surface area contributed by atoms with E-state index in [0.29, 0.717) is 25.9 Å². The molecule has 0 spiro atoms. The molecular weight excluding hydrogens is 186 g/mol. The number of likely N-dealkylation sites (tertiary alicyclic amines) is 1. The van der Waals surface area contributed by atoms with E-state index in [1.54, 1.807) is 4.90 Å². The van der Waals surface area contributed by atoms with Crippen LogP contribution in [-0.2, 0) is 4.74 Å². The predicted octanol–water partition coefficient (Wildman–Crippen LogP) is 1.38. The number of rotatable bonds is 0. The Balaban J connectivity index is 2.38. The van der Waals surface area contributed by atoms with Crippen LogP contribution in [0.1, 0.15) is 33.6 Å². The zero-order chi connectivity index (χ0) is 10.8. The maximum absolute atomic E-state index is 11.5. The average Bonchev–Trinajstić information content (AvgIpc) is 2.02. The normalized spacial score (nSPS) is 19.6. The molecule has 1 fully saturated rings. The molecule has 82 valence electrons. The average molecular weight is 205 g/mol. The van der Waals surface area contributed by atoms with Crippen LogP contribution in [0.5, 0.6) is 0 Å². The Labute approximate surface area is 84.8 Å². The minimum Gasteiger partial charge on any atom is -0.444 e. The van der Waals surface area contributed by atoms with Crippen LogP contribution in [0.4, 0.5) is 4.79 Å². The van der Waals surface area contributed by atoms with E-state index >= 15 is 0 Å². The highest BCUT2D eigenvalue weighted by Crippen LogP contribution is 2.14. The minimum absolute atomic E-state index is 0.256. The van der Waals surface area contributed by atoms with Crippen LogP contribution >= 0.6 is 0 Å². The quantitative estimate of drug-likeness (QED) is 0.650. The SMILES string of the molecule is CC(C)(C)OC(=O)N1[14CH2]CC(O)C[14CH2]1. The van der Waals surface area contributed by atoms with E-state index < -0.39 is 5.60 Å². The summed E-state index contributed by atoms with van der Waals surface area (Å²) in [5.41, 5.74) is -0.437. The molecule has 0 aromatic carbocycles. The fraction of sp³-hybridized carbons (Fsp3) is 0.900. The first-order valence-corrected chi connectivity index (χ1v) is 5.04. The van der Waals surface area contributed by atoms with Gasteiger partial charge in [0.2, 0.25) is 0 Å². The second-order valence-electron chi connectivity index (χ2n) is 4.70. The van der Waals surface area contributed by atoms with Gasteiger partial charge in [0.15, 0.2) is 0 Å². The molecule has 1 amide bonds. The van der Waals surface area contributed by atoms with Gasteiger partial charge in [-0.05, 0) is 33.6 Å². The van der Waals surface area contributed by atoms with Crippen LogP contribution in [0.3, 0.4) is 0 Å². The standard InChI is InChI=1S/C10H19NO3/c1-10(2,3)14-9(13)11-6-4-8(12)5-7-11/h8,12H,4-7H2,1-3H3/i6+2,7+2. The van der Waals surface area contributed by atoms with Gasteiger partial charge in [0.25, 0.3) is 0 Å². The molecule has 0 atom stereocenters. The topological polar surface area (TPSA) is 49.8 Å². The molecule has 0 aromatic rings. The fourth-order valence-corrected chi connectivity index (χ4v) is 1.37. The molecule has 4 heteroatoms. The second kappa shape index (κ2) is 4.17. The Kier molecular flexibility index (Phi) is 3.37.